The molecule has 0 radical (unpaired) electrons. The Kier molecular flexibility index (Phi) is 5.16. The molecule has 154 valence electrons. The molecule has 0 amide bonds. The average Bonchev–Trinajstić information content (AvgIpc) is 3.14. The first-order chi connectivity index (χ1) is 13.2. The van der Waals surface area contributed by atoms with Gasteiger partial charge in [0.1, 0.15) is 11.7 Å². The van der Waals surface area contributed by atoms with Gasteiger partial charge in [-0.15, -0.1) is 0 Å². The van der Waals surface area contributed by atoms with E-state index in [0.29, 0.717) is 26.1 Å². The van der Waals surface area contributed by atoms with Crippen LogP contribution in [0.1, 0.15) is 37.9 Å². The van der Waals surface area contributed by atoms with Gasteiger partial charge in [-0.25, -0.2) is 8.78 Å². The zero-order valence-electron chi connectivity index (χ0n) is 16.3. The Morgan fingerprint density at radius 1 is 1.32 bits per heavy atom. The standard InChI is InChI=1S/C20H28F2N4O2/c1-20(2,27)11-26-8-12-7-25(9-18(12)24-26)14-6-17(23)19(28-10-14)15-5-13(21)3-4-16(15)22/h3-4,8,14-15,17,19,27H,5-7,9-11,23H2,1-2H3/t14-,15?,17+,19-/m1/s1. The second kappa shape index (κ2) is 7.33. The largest absolute Gasteiger partial charge is 0.389 e. The van der Waals surface area contributed by atoms with Gasteiger partial charge in [-0.05, 0) is 32.4 Å². The Bertz CT molecular complexity index is 775. The summed E-state index contributed by atoms with van der Waals surface area (Å²) in [5.74, 6) is -1.33. The molecule has 4 atom stereocenters. The smallest absolute Gasteiger partial charge is 0.106 e. The minimum atomic E-state index is -0.810. The first kappa shape index (κ1) is 19.7. The number of halogens is 2. The fourth-order valence-corrected chi connectivity index (χ4v) is 4.44. The second-order valence-corrected chi connectivity index (χ2v) is 8.84. The zero-order valence-corrected chi connectivity index (χ0v) is 16.3. The lowest BCUT2D eigenvalue weighted by molar-refractivity contribution is -0.0729. The van der Waals surface area contributed by atoms with E-state index in [2.05, 4.69) is 10.00 Å². The molecule has 0 spiro atoms. The van der Waals surface area contributed by atoms with Crippen LogP contribution in [-0.4, -0.2) is 50.2 Å². The lowest BCUT2D eigenvalue weighted by atomic mass is 9.85. The molecule has 1 aromatic rings. The van der Waals surface area contributed by atoms with Gasteiger partial charge in [-0.3, -0.25) is 9.58 Å². The summed E-state index contributed by atoms with van der Waals surface area (Å²) >= 11 is 0. The van der Waals surface area contributed by atoms with E-state index in [4.69, 9.17) is 10.5 Å². The van der Waals surface area contributed by atoms with E-state index >= 15 is 0 Å². The summed E-state index contributed by atoms with van der Waals surface area (Å²) in [5, 5.41) is 14.5. The molecule has 0 saturated carbocycles. The van der Waals surface area contributed by atoms with Crippen molar-refractivity contribution in [2.45, 2.75) is 70.1 Å². The van der Waals surface area contributed by atoms with Crippen LogP contribution in [0.25, 0.3) is 0 Å². The van der Waals surface area contributed by atoms with E-state index < -0.39 is 17.6 Å². The van der Waals surface area contributed by atoms with E-state index in [-0.39, 0.29) is 30.2 Å². The predicted octanol–water partition coefficient (Wildman–Crippen LogP) is 2.18. The quantitative estimate of drug-likeness (QED) is 0.819. The van der Waals surface area contributed by atoms with Gasteiger partial charge in [0.25, 0.3) is 0 Å². The van der Waals surface area contributed by atoms with Crippen molar-refractivity contribution in [3.63, 3.8) is 0 Å². The molecule has 1 saturated heterocycles. The molecule has 0 bridgehead atoms. The van der Waals surface area contributed by atoms with Crippen LogP contribution in [-0.2, 0) is 24.4 Å². The minimum Gasteiger partial charge on any atom is -0.389 e. The number of hydrogen-bond acceptors (Lipinski definition) is 5. The molecule has 1 fully saturated rings. The van der Waals surface area contributed by atoms with E-state index in [0.717, 1.165) is 17.8 Å². The Balaban J connectivity index is 1.35. The molecule has 1 aromatic heterocycles. The van der Waals surface area contributed by atoms with Crippen LogP contribution in [0.15, 0.2) is 30.0 Å². The number of nitrogens with two attached hydrogens (primary N) is 1. The Hall–Kier alpha value is -1.61. The van der Waals surface area contributed by atoms with Gasteiger partial charge >= 0.3 is 0 Å². The third-order valence-corrected chi connectivity index (χ3v) is 5.75. The van der Waals surface area contributed by atoms with Gasteiger partial charge in [0.2, 0.25) is 0 Å². The van der Waals surface area contributed by atoms with Crippen molar-refractivity contribution in [1.29, 1.82) is 0 Å². The molecule has 3 heterocycles. The number of fused-ring (bicyclic) bond motifs is 1. The highest BCUT2D eigenvalue weighted by molar-refractivity contribution is 5.23. The first-order valence-electron chi connectivity index (χ1n) is 9.80. The molecule has 2 aliphatic heterocycles. The van der Waals surface area contributed by atoms with Crippen LogP contribution >= 0.6 is 0 Å². The fraction of sp³-hybridized carbons (Fsp3) is 0.650. The Morgan fingerprint density at radius 2 is 2.11 bits per heavy atom. The summed E-state index contributed by atoms with van der Waals surface area (Å²) in [5.41, 5.74) is 7.66. The maximum Gasteiger partial charge on any atom is 0.106 e. The van der Waals surface area contributed by atoms with Crippen LogP contribution in [0.2, 0.25) is 0 Å². The van der Waals surface area contributed by atoms with Crippen molar-refractivity contribution < 1.29 is 18.6 Å². The molecule has 1 unspecified atom stereocenters. The van der Waals surface area contributed by atoms with Crippen LogP contribution in [0.3, 0.4) is 0 Å². The molecular formula is C20H28F2N4O2. The second-order valence-electron chi connectivity index (χ2n) is 8.84. The van der Waals surface area contributed by atoms with E-state index in [9.17, 15) is 13.9 Å². The molecule has 8 heteroatoms. The zero-order chi connectivity index (χ0) is 20.1. The van der Waals surface area contributed by atoms with E-state index in [1.54, 1.807) is 18.5 Å². The SMILES string of the molecule is CC(C)(O)Cn1cc2c(n1)CN([C@H]1CO[C@H](C3CC(F)=CC=C3F)[C@@H](N)C1)C2. The number of rotatable bonds is 4. The number of ether oxygens (including phenoxy) is 1. The molecule has 4 rings (SSSR count). The van der Waals surface area contributed by atoms with Crippen molar-refractivity contribution in [2.75, 3.05) is 6.61 Å². The van der Waals surface area contributed by atoms with Crippen LogP contribution in [0, 0.1) is 5.92 Å². The Morgan fingerprint density at radius 3 is 2.79 bits per heavy atom. The van der Waals surface area contributed by atoms with Gasteiger partial charge in [0, 0.05) is 49.3 Å². The third kappa shape index (κ3) is 4.05. The van der Waals surface area contributed by atoms with E-state index in [1.165, 1.54) is 12.2 Å². The molecule has 0 aromatic carbocycles. The highest BCUT2D eigenvalue weighted by Gasteiger charge is 2.40. The number of aliphatic hydroxyl groups is 1. The van der Waals surface area contributed by atoms with Crippen molar-refractivity contribution >= 4 is 0 Å². The van der Waals surface area contributed by atoms with E-state index in [1.807, 2.05) is 6.20 Å². The lowest BCUT2D eigenvalue weighted by Crippen LogP contribution is -2.53. The molecule has 6 nitrogen and oxygen atoms in total. The van der Waals surface area contributed by atoms with Crippen molar-refractivity contribution in [3.8, 4) is 0 Å². The Labute approximate surface area is 163 Å². The normalized spacial score (nSPS) is 31.5. The molecule has 28 heavy (non-hydrogen) atoms. The van der Waals surface area contributed by atoms with Crippen molar-refractivity contribution in [2.24, 2.45) is 11.7 Å². The van der Waals surface area contributed by atoms with Crippen molar-refractivity contribution in [3.05, 3.63) is 41.3 Å². The maximum atomic E-state index is 14.1. The predicted molar refractivity (Wildman–Crippen MR) is 100 cm³/mol. The number of nitrogens with zero attached hydrogens (tertiary/aromatic N) is 3. The van der Waals surface area contributed by atoms with Gasteiger partial charge in [0.05, 0.1) is 30.6 Å². The summed E-state index contributed by atoms with van der Waals surface area (Å²) in [7, 11) is 0. The maximum absolute atomic E-state index is 14.1. The monoisotopic (exact) mass is 394 g/mol. The first-order valence-corrected chi connectivity index (χ1v) is 9.80. The van der Waals surface area contributed by atoms with Gasteiger partial charge < -0.3 is 15.6 Å². The van der Waals surface area contributed by atoms with Gasteiger partial charge in [0.15, 0.2) is 0 Å². The number of allylic oxidation sites excluding steroid dienone is 3. The summed E-state index contributed by atoms with van der Waals surface area (Å²) < 4.78 is 35.5. The van der Waals surface area contributed by atoms with Crippen molar-refractivity contribution in [1.82, 2.24) is 14.7 Å². The van der Waals surface area contributed by atoms with Gasteiger partial charge in [-0.1, -0.05) is 0 Å². The summed E-state index contributed by atoms with van der Waals surface area (Å²) in [4.78, 5) is 2.27. The summed E-state index contributed by atoms with van der Waals surface area (Å²) in [6, 6.07) is -0.226. The molecule has 3 aliphatic rings. The van der Waals surface area contributed by atoms with Crippen LogP contribution in [0.4, 0.5) is 8.78 Å². The summed E-state index contributed by atoms with van der Waals surface area (Å²) in [6.45, 7) is 5.87. The highest BCUT2D eigenvalue weighted by Crippen LogP contribution is 2.36. The average molecular weight is 394 g/mol. The highest BCUT2D eigenvalue weighted by atomic mass is 19.1. The molecule has 1 aliphatic carbocycles. The third-order valence-electron chi connectivity index (χ3n) is 5.75. The lowest BCUT2D eigenvalue weighted by Gasteiger charge is -2.41. The minimum absolute atomic E-state index is 0.00974. The van der Waals surface area contributed by atoms with Crippen LogP contribution < -0.4 is 5.73 Å². The molecular weight excluding hydrogens is 366 g/mol. The summed E-state index contributed by atoms with van der Waals surface area (Å²) in [6.07, 6.45) is 4.51. The number of aromatic nitrogens is 2. The topological polar surface area (TPSA) is 76.5 Å². The van der Waals surface area contributed by atoms with Gasteiger partial charge in [-0.2, -0.15) is 5.10 Å². The molecule has 3 N–H and O–H groups in total. The van der Waals surface area contributed by atoms with Crippen LogP contribution in [0.5, 0.6) is 0 Å². The fourth-order valence-electron chi connectivity index (χ4n) is 4.44. The number of hydrogen-bond donors (Lipinski definition) is 2.